The molecule has 0 radical (unpaired) electrons. The van der Waals surface area contributed by atoms with Crippen molar-refractivity contribution in [2.45, 2.75) is 26.9 Å². The molecule has 0 saturated carbocycles. The van der Waals surface area contributed by atoms with E-state index in [1.54, 1.807) is 32.6 Å². The van der Waals surface area contributed by atoms with Crippen molar-refractivity contribution in [3.8, 4) is 17.2 Å². The van der Waals surface area contributed by atoms with Crippen LogP contribution >= 0.6 is 35.3 Å². The molecule has 2 aromatic rings. The highest BCUT2D eigenvalue weighted by atomic mass is 127. The van der Waals surface area contributed by atoms with Gasteiger partial charge in [0, 0.05) is 24.7 Å². The van der Waals surface area contributed by atoms with Gasteiger partial charge in [-0.1, -0.05) is 0 Å². The smallest absolute Gasteiger partial charge is 0.203 e. The van der Waals surface area contributed by atoms with E-state index in [1.165, 1.54) is 4.88 Å². The lowest BCUT2D eigenvalue weighted by atomic mass is 10.2. The summed E-state index contributed by atoms with van der Waals surface area (Å²) in [6.07, 6.45) is 1.87. The maximum Gasteiger partial charge on any atom is 0.203 e. The van der Waals surface area contributed by atoms with Gasteiger partial charge in [-0.05, 0) is 31.5 Å². The molecule has 0 bridgehead atoms. The Kier molecular flexibility index (Phi) is 10.2. The summed E-state index contributed by atoms with van der Waals surface area (Å²) in [4.78, 5) is 9.77. The quantitative estimate of drug-likeness (QED) is 0.325. The summed E-state index contributed by atoms with van der Waals surface area (Å²) < 4.78 is 16.5. The molecule has 0 spiro atoms. The third kappa shape index (κ3) is 6.73. The molecule has 150 valence electrons. The maximum atomic E-state index is 5.63. The molecule has 0 atom stereocenters. The van der Waals surface area contributed by atoms with Crippen LogP contribution in [0.1, 0.15) is 22.4 Å². The molecular formula is C18H27IN4O3S. The minimum absolute atomic E-state index is 0. The first-order chi connectivity index (χ1) is 12.6. The zero-order chi connectivity index (χ0) is 18.9. The van der Waals surface area contributed by atoms with E-state index in [1.807, 2.05) is 32.2 Å². The zero-order valence-electron chi connectivity index (χ0n) is 16.3. The van der Waals surface area contributed by atoms with Crippen molar-refractivity contribution >= 4 is 41.3 Å². The molecule has 0 aliphatic heterocycles. The lowest BCUT2D eigenvalue weighted by Gasteiger charge is -2.16. The topological polar surface area (TPSA) is 77.0 Å². The summed E-state index contributed by atoms with van der Waals surface area (Å²) in [6, 6.07) is 3.86. The number of aromatic nitrogens is 1. The van der Waals surface area contributed by atoms with Gasteiger partial charge in [-0.2, -0.15) is 0 Å². The molecular weight excluding hydrogens is 479 g/mol. The number of guanidine groups is 1. The second kappa shape index (κ2) is 11.9. The standard InChI is InChI=1S/C18H26N4O3S.HI/c1-6-25-17-14(23-4)7-13(8-15(17)24-5)10-21-18(19-3)22-11-16-20-9-12(2)26-16;/h7-9H,6,10-11H2,1-5H3,(H2,19,21,22);1H. The number of nitrogens with zero attached hydrogens (tertiary/aromatic N) is 2. The van der Waals surface area contributed by atoms with Crippen molar-refractivity contribution in [2.24, 2.45) is 4.99 Å². The summed E-state index contributed by atoms with van der Waals surface area (Å²) in [7, 11) is 4.97. The molecule has 0 aliphatic carbocycles. The van der Waals surface area contributed by atoms with Crippen LogP contribution in [-0.4, -0.2) is 38.8 Å². The van der Waals surface area contributed by atoms with E-state index in [9.17, 15) is 0 Å². The molecule has 1 heterocycles. The Morgan fingerprint density at radius 3 is 2.26 bits per heavy atom. The van der Waals surface area contributed by atoms with Crippen molar-refractivity contribution in [3.63, 3.8) is 0 Å². The van der Waals surface area contributed by atoms with Crippen LogP contribution in [0, 0.1) is 6.92 Å². The molecule has 7 nitrogen and oxygen atoms in total. The van der Waals surface area contributed by atoms with Crippen LogP contribution in [0.15, 0.2) is 23.3 Å². The third-order valence-corrected chi connectivity index (χ3v) is 4.48. The highest BCUT2D eigenvalue weighted by molar-refractivity contribution is 14.0. The third-order valence-electron chi connectivity index (χ3n) is 3.57. The van der Waals surface area contributed by atoms with Gasteiger partial charge in [-0.25, -0.2) is 4.98 Å². The predicted octanol–water partition coefficient (Wildman–Crippen LogP) is 3.35. The van der Waals surface area contributed by atoms with Crippen LogP contribution in [0.3, 0.4) is 0 Å². The minimum Gasteiger partial charge on any atom is -0.493 e. The van der Waals surface area contributed by atoms with Gasteiger partial charge in [-0.15, -0.1) is 35.3 Å². The molecule has 27 heavy (non-hydrogen) atoms. The molecule has 2 N–H and O–H groups in total. The average molecular weight is 506 g/mol. The molecule has 2 rings (SSSR count). The van der Waals surface area contributed by atoms with E-state index in [-0.39, 0.29) is 24.0 Å². The van der Waals surface area contributed by atoms with Crippen LogP contribution in [-0.2, 0) is 13.1 Å². The van der Waals surface area contributed by atoms with E-state index in [0.29, 0.717) is 42.9 Å². The van der Waals surface area contributed by atoms with Crippen LogP contribution in [0.5, 0.6) is 17.2 Å². The summed E-state index contributed by atoms with van der Waals surface area (Å²) in [5.41, 5.74) is 0.996. The van der Waals surface area contributed by atoms with Crippen molar-refractivity contribution in [3.05, 3.63) is 33.8 Å². The van der Waals surface area contributed by atoms with Gasteiger partial charge in [-0.3, -0.25) is 4.99 Å². The second-order valence-electron chi connectivity index (χ2n) is 5.41. The normalized spacial score (nSPS) is 10.8. The summed E-state index contributed by atoms with van der Waals surface area (Å²) in [5.74, 6) is 2.60. The Balaban J connectivity index is 0.00000364. The maximum absolute atomic E-state index is 5.63. The predicted molar refractivity (Wildman–Crippen MR) is 120 cm³/mol. The number of hydrogen-bond donors (Lipinski definition) is 2. The lowest BCUT2D eigenvalue weighted by molar-refractivity contribution is 0.288. The Labute approximate surface area is 181 Å². The van der Waals surface area contributed by atoms with Gasteiger partial charge in [0.05, 0.1) is 27.4 Å². The first kappa shape index (κ1) is 23.3. The molecule has 1 aromatic carbocycles. The first-order valence-electron chi connectivity index (χ1n) is 8.34. The van der Waals surface area contributed by atoms with Crippen molar-refractivity contribution in [1.82, 2.24) is 15.6 Å². The van der Waals surface area contributed by atoms with Gasteiger partial charge in [0.15, 0.2) is 17.5 Å². The SMILES string of the molecule is CCOc1c(OC)cc(CNC(=NC)NCc2ncc(C)s2)cc1OC.I. The average Bonchev–Trinajstić information content (AvgIpc) is 3.07. The number of aryl methyl sites for hydroxylation is 1. The Morgan fingerprint density at radius 2 is 1.78 bits per heavy atom. The Bertz CT molecular complexity index is 727. The largest absolute Gasteiger partial charge is 0.493 e. The zero-order valence-corrected chi connectivity index (χ0v) is 19.4. The van der Waals surface area contributed by atoms with Gasteiger partial charge in [0.1, 0.15) is 5.01 Å². The molecule has 1 aromatic heterocycles. The lowest BCUT2D eigenvalue weighted by Crippen LogP contribution is -2.36. The van der Waals surface area contributed by atoms with E-state index in [2.05, 4.69) is 20.6 Å². The monoisotopic (exact) mass is 506 g/mol. The first-order valence-corrected chi connectivity index (χ1v) is 9.16. The van der Waals surface area contributed by atoms with Crippen LogP contribution in [0.2, 0.25) is 0 Å². The van der Waals surface area contributed by atoms with E-state index in [0.717, 1.165) is 10.6 Å². The van der Waals surface area contributed by atoms with Gasteiger partial charge < -0.3 is 24.8 Å². The van der Waals surface area contributed by atoms with Gasteiger partial charge in [0.2, 0.25) is 5.75 Å². The van der Waals surface area contributed by atoms with E-state index >= 15 is 0 Å². The molecule has 0 fully saturated rings. The van der Waals surface area contributed by atoms with E-state index in [4.69, 9.17) is 14.2 Å². The molecule has 0 unspecified atom stereocenters. The Hall–Kier alpha value is -1.75. The second-order valence-corrected chi connectivity index (χ2v) is 6.73. The van der Waals surface area contributed by atoms with Crippen molar-refractivity contribution in [1.29, 1.82) is 0 Å². The van der Waals surface area contributed by atoms with Crippen LogP contribution in [0.4, 0.5) is 0 Å². The van der Waals surface area contributed by atoms with Gasteiger partial charge >= 0.3 is 0 Å². The number of ether oxygens (including phenoxy) is 3. The fourth-order valence-electron chi connectivity index (χ4n) is 2.37. The minimum atomic E-state index is 0. The molecule has 0 saturated heterocycles. The summed E-state index contributed by atoms with van der Waals surface area (Å²) in [5, 5.41) is 7.56. The highest BCUT2D eigenvalue weighted by Crippen LogP contribution is 2.38. The molecule has 9 heteroatoms. The van der Waals surface area contributed by atoms with Crippen molar-refractivity contribution in [2.75, 3.05) is 27.9 Å². The number of benzene rings is 1. The molecule has 0 aliphatic rings. The number of aliphatic imine (C=N–C) groups is 1. The van der Waals surface area contributed by atoms with Crippen LogP contribution < -0.4 is 24.8 Å². The number of nitrogens with one attached hydrogen (secondary N) is 2. The summed E-state index contributed by atoms with van der Waals surface area (Å²) in [6.45, 7) is 5.70. The molecule has 0 amide bonds. The number of thiazole rings is 1. The van der Waals surface area contributed by atoms with Crippen molar-refractivity contribution < 1.29 is 14.2 Å². The number of methoxy groups -OCH3 is 2. The summed E-state index contributed by atoms with van der Waals surface area (Å²) >= 11 is 1.67. The fourth-order valence-corrected chi connectivity index (χ4v) is 3.10. The number of hydrogen-bond acceptors (Lipinski definition) is 6. The van der Waals surface area contributed by atoms with Crippen LogP contribution in [0.25, 0.3) is 0 Å². The van der Waals surface area contributed by atoms with E-state index < -0.39 is 0 Å². The Morgan fingerprint density at radius 1 is 1.15 bits per heavy atom. The number of halogens is 1. The van der Waals surface area contributed by atoms with Gasteiger partial charge in [0.25, 0.3) is 0 Å². The highest BCUT2D eigenvalue weighted by Gasteiger charge is 2.14. The fraction of sp³-hybridized carbons (Fsp3) is 0.444. The number of rotatable bonds is 8.